The summed E-state index contributed by atoms with van der Waals surface area (Å²) in [4.78, 5) is 12.3. The maximum Gasteiger partial charge on any atom is 0.259 e. The topological polar surface area (TPSA) is 38.3 Å². The van der Waals surface area contributed by atoms with Crippen LogP contribution < -0.4 is 10.1 Å². The molecular weight excluding hydrogens is 356 g/mol. The Bertz CT molecular complexity index is 704. The van der Waals surface area contributed by atoms with Crippen molar-refractivity contribution >= 4 is 58.0 Å². The molecule has 0 aliphatic rings. The molecule has 0 saturated heterocycles. The molecule has 0 aliphatic heterocycles. The lowest BCUT2D eigenvalue weighted by atomic mass is 10.1. The molecule has 0 fully saturated rings. The average Bonchev–Trinajstić information content (AvgIpc) is 2.42. The van der Waals surface area contributed by atoms with Gasteiger partial charge in [0, 0.05) is 10.7 Å². The highest BCUT2D eigenvalue weighted by atomic mass is 35.5. The number of amides is 1. The van der Waals surface area contributed by atoms with E-state index in [-0.39, 0.29) is 16.3 Å². The van der Waals surface area contributed by atoms with E-state index in [0.29, 0.717) is 20.8 Å². The van der Waals surface area contributed by atoms with E-state index in [0.717, 1.165) is 0 Å². The maximum atomic E-state index is 12.3. The molecule has 21 heavy (non-hydrogen) atoms. The third-order valence-electron chi connectivity index (χ3n) is 2.63. The van der Waals surface area contributed by atoms with Gasteiger partial charge in [0.1, 0.15) is 5.75 Å². The Kier molecular flexibility index (Phi) is 5.22. The van der Waals surface area contributed by atoms with Gasteiger partial charge in [-0.2, -0.15) is 0 Å². The number of hydrogen-bond donors (Lipinski definition) is 1. The third-order valence-corrected chi connectivity index (χ3v) is 3.87. The van der Waals surface area contributed by atoms with Crippen LogP contribution in [0.5, 0.6) is 5.75 Å². The Morgan fingerprint density at radius 2 is 1.71 bits per heavy atom. The molecule has 0 spiro atoms. The van der Waals surface area contributed by atoms with E-state index in [9.17, 15) is 4.79 Å². The second-order valence-corrected chi connectivity index (χ2v) is 5.71. The molecule has 0 unspecified atom stereocenters. The van der Waals surface area contributed by atoms with Crippen LogP contribution in [0.3, 0.4) is 0 Å². The zero-order valence-electron chi connectivity index (χ0n) is 10.7. The minimum Gasteiger partial charge on any atom is -0.494 e. The second-order valence-electron chi connectivity index (χ2n) is 4.05. The zero-order chi connectivity index (χ0) is 15.6. The summed E-state index contributed by atoms with van der Waals surface area (Å²) < 4.78 is 5.13. The van der Waals surface area contributed by atoms with Crippen molar-refractivity contribution in [2.75, 3.05) is 12.4 Å². The van der Waals surface area contributed by atoms with Gasteiger partial charge in [-0.05, 0) is 30.3 Å². The fourth-order valence-corrected chi connectivity index (χ4v) is 2.58. The molecule has 0 aliphatic carbocycles. The fourth-order valence-electron chi connectivity index (χ4n) is 1.71. The minimum absolute atomic E-state index is 0.223. The monoisotopic (exact) mass is 363 g/mol. The van der Waals surface area contributed by atoms with E-state index >= 15 is 0 Å². The number of methoxy groups -OCH3 is 1. The van der Waals surface area contributed by atoms with Crippen LogP contribution in [0.25, 0.3) is 0 Å². The molecule has 0 bridgehead atoms. The molecule has 7 heteroatoms. The molecule has 1 amide bonds. The highest BCUT2D eigenvalue weighted by Gasteiger charge is 2.17. The van der Waals surface area contributed by atoms with Gasteiger partial charge in [0.2, 0.25) is 0 Å². The molecule has 3 nitrogen and oxygen atoms in total. The fraction of sp³-hybridized carbons (Fsp3) is 0.0714. The molecule has 0 aromatic heterocycles. The van der Waals surface area contributed by atoms with Crippen molar-refractivity contribution in [3.05, 3.63) is 56.0 Å². The van der Waals surface area contributed by atoms with E-state index in [1.54, 1.807) is 18.2 Å². The Labute approximate surface area is 141 Å². The molecule has 0 atom stereocenters. The highest BCUT2D eigenvalue weighted by Crippen LogP contribution is 2.33. The first-order chi connectivity index (χ1) is 9.92. The van der Waals surface area contributed by atoms with Crippen LogP contribution in [0, 0.1) is 0 Å². The van der Waals surface area contributed by atoms with Crippen molar-refractivity contribution in [3.63, 3.8) is 0 Å². The van der Waals surface area contributed by atoms with Gasteiger partial charge in [-0.25, -0.2) is 0 Å². The number of rotatable bonds is 3. The number of benzene rings is 2. The van der Waals surface area contributed by atoms with Gasteiger partial charge in [-0.15, -0.1) is 0 Å². The summed E-state index contributed by atoms with van der Waals surface area (Å²) in [5, 5.41) is 4.00. The molecule has 0 heterocycles. The summed E-state index contributed by atoms with van der Waals surface area (Å²) in [5.74, 6) is -0.173. The molecule has 1 N–H and O–H groups in total. The molecule has 2 aromatic rings. The lowest BCUT2D eigenvalue weighted by Gasteiger charge is -2.11. The zero-order valence-corrected chi connectivity index (χ0v) is 13.7. The number of hydrogen-bond acceptors (Lipinski definition) is 2. The van der Waals surface area contributed by atoms with Crippen LogP contribution in [0.2, 0.25) is 20.1 Å². The van der Waals surface area contributed by atoms with Crippen LogP contribution in [0.15, 0.2) is 30.3 Å². The molecule has 0 saturated carbocycles. The summed E-state index contributed by atoms with van der Waals surface area (Å²) in [6, 6.07) is 7.73. The van der Waals surface area contributed by atoms with Gasteiger partial charge in [0.15, 0.2) is 0 Å². The van der Waals surface area contributed by atoms with Gasteiger partial charge >= 0.3 is 0 Å². The standard InChI is InChI=1S/C14H9Cl4NO2/c1-21-13-9(4-7(15)5-12(13)18)14(20)19-8-2-3-10(16)11(17)6-8/h2-6H,1H3,(H,19,20). The van der Waals surface area contributed by atoms with E-state index < -0.39 is 5.91 Å². The van der Waals surface area contributed by atoms with Crippen LogP contribution in [0.1, 0.15) is 10.4 Å². The van der Waals surface area contributed by atoms with Crippen molar-refractivity contribution in [2.45, 2.75) is 0 Å². The lowest BCUT2D eigenvalue weighted by Crippen LogP contribution is -2.13. The van der Waals surface area contributed by atoms with E-state index in [2.05, 4.69) is 5.32 Å². The Morgan fingerprint density at radius 3 is 2.33 bits per heavy atom. The predicted molar refractivity (Wildman–Crippen MR) is 87.4 cm³/mol. The largest absolute Gasteiger partial charge is 0.494 e. The minimum atomic E-state index is -0.422. The molecular formula is C14H9Cl4NO2. The van der Waals surface area contributed by atoms with E-state index in [1.807, 2.05) is 0 Å². The van der Waals surface area contributed by atoms with Crippen LogP contribution in [0.4, 0.5) is 5.69 Å². The summed E-state index contributed by atoms with van der Waals surface area (Å²) >= 11 is 23.6. The molecule has 2 rings (SSSR count). The summed E-state index contributed by atoms with van der Waals surface area (Å²) in [5.41, 5.74) is 0.716. The van der Waals surface area contributed by atoms with Crippen molar-refractivity contribution < 1.29 is 9.53 Å². The summed E-state index contributed by atoms with van der Waals surface area (Å²) in [7, 11) is 1.42. The van der Waals surface area contributed by atoms with Crippen LogP contribution in [-0.2, 0) is 0 Å². The van der Waals surface area contributed by atoms with Crippen molar-refractivity contribution in [3.8, 4) is 5.75 Å². The van der Waals surface area contributed by atoms with Crippen molar-refractivity contribution in [1.82, 2.24) is 0 Å². The van der Waals surface area contributed by atoms with Gasteiger partial charge in [-0.3, -0.25) is 4.79 Å². The van der Waals surface area contributed by atoms with Crippen molar-refractivity contribution in [2.24, 2.45) is 0 Å². The number of anilines is 1. The normalized spacial score (nSPS) is 10.3. The molecule has 0 radical (unpaired) electrons. The van der Waals surface area contributed by atoms with Gasteiger partial charge in [0.05, 0.1) is 27.7 Å². The average molecular weight is 365 g/mol. The first kappa shape index (κ1) is 16.2. The first-order valence-electron chi connectivity index (χ1n) is 5.72. The summed E-state index contributed by atoms with van der Waals surface area (Å²) in [6.07, 6.45) is 0. The Hall–Kier alpha value is -1.13. The van der Waals surface area contributed by atoms with Crippen LogP contribution >= 0.6 is 46.4 Å². The Balaban J connectivity index is 2.34. The van der Waals surface area contributed by atoms with Crippen LogP contribution in [-0.4, -0.2) is 13.0 Å². The smallest absolute Gasteiger partial charge is 0.259 e. The second kappa shape index (κ2) is 6.75. The first-order valence-corrected chi connectivity index (χ1v) is 7.23. The number of ether oxygens (including phenoxy) is 1. The maximum absolute atomic E-state index is 12.3. The van der Waals surface area contributed by atoms with E-state index in [1.165, 1.54) is 19.2 Å². The Morgan fingerprint density at radius 1 is 1.00 bits per heavy atom. The number of carbonyl (C=O) groups excluding carboxylic acids is 1. The number of nitrogens with one attached hydrogen (secondary N) is 1. The lowest BCUT2D eigenvalue weighted by molar-refractivity contribution is 0.102. The molecule has 2 aromatic carbocycles. The summed E-state index contributed by atoms with van der Waals surface area (Å²) in [6.45, 7) is 0. The number of halogens is 4. The third kappa shape index (κ3) is 3.74. The molecule has 110 valence electrons. The van der Waals surface area contributed by atoms with Gasteiger partial charge in [-0.1, -0.05) is 46.4 Å². The van der Waals surface area contributed by atoms with Gasteiger partial charge in [0.25, 0.3) is 5.91 Å². The quantitative estimate of drug-likeness (QED) is 0.773. The van der Waals surface area contributed by atoms with Gasteiger partial charge < -0.3 is 10.1 Å². The van der Waals surface area contributed by atoms with E-state index in [4.69, 9.17) is 51.1 Å². The predicted octanol–water partition coefficient (Wildman–Crippen LogP) is 5.56. The number of carbonyl (C=O) groups is 1. The van der Waals surface area contributed by atoms with Crippen molar-refractivity contribution in [1.29, 1.82) is 0 Å². The highest BCUT2D eigenvalue weighted by molar-refractivity contribution is 6.42. The SMILES string of the molecule is COc1c(Cl)cc(Cl)cc1C(=O)Nc1ccc(Cl)c(Cl)c1.